The number of anilines is 1. The van der Waals surface area contributed by atoms with Gasteiger partial charge in [-0.15, -0.1) is 0 Å². The molecule has 4 N–H and O–H groups in total. The van der Waals surface area contributed by atoms with Gasteiger partial charge in [-0.2, -0.15) is 0 Å². The number of hydrogen-bond acceptors (Lipinski definition) is 4. The third-order valence-electron chi connectivity index (χ3n) is 1.46. The highest BCUT2D eigenvalue weighted by molar-refractivity contribution is 5.39. The van der Waals surface area contributed by atoms with Crippen molar-refractivity contribution in [3.8, 4) is 0 Å². The molecule has 1 rings (SSSR count). The van der Waals surface area contributed by atoms with Crippen molar-refractivity contribution in [1.29, 1.82) is 0 Å². The van der Waals surface area contributed by atoms with Gasteiger partial charge in [0.05, 0.1) is 0 Å². The zero-order chi connectivity index (χ0) is 8.43. The van der Waals surface area contributed by atoms with E-state index in [-0.39, 0.29) is 6.04 Å². The summed E-state index contributed by atoms with van der Waals surface area (Å²) in [5.41, 5.74) is 12.0. The van der Waals surface area contributed by atoms with Gasteiger partial charge in [-0.05, 0) is 13.8 Å². The lowest BCUT2D eigenvalue weighted by molar-refractivity contribution is 0.802. The molecular weight excluding hydrogens is 140 g/mol. The number of hydrogen-bond donors (Lipinski definition) is 2. The Morgan fingerprint density at radius 2 is 2.18 bits per heavy atom. The standard InChI is InChI=1S/C7H12N4/c1-4(8)6-3-10-5(2)11-7(6)9/h3-4H,8H2,1-2H3,(H2,9,10,11). The fourth-order valence-corrected chi connectivity index (χ4v) is 0.848. The lowest BCUT2D eigenvalue weighted by atomic mass is 10.2. The van der Waals surface area contributed by atoms with E-state index < -0.39 is 0 Å². The molecule has 0 amide bonds. The first kappa shape index (κ1) is 7.94. The van der Waals surface area contributed by atoms with E-state index in [0.29, 0.717) is 11.6 Å². The summed E-state index contributed by atoms with van der Waals surface area (Å²) in [7, 11) is 0. The minimum Gasteiger partial charge on any atom is -0.383 e. The Labute approximate surface area is 65.6 Å². The molecule has 0 aliphatic rings. The summed E-state index contributed by atoms with van der Waals surface area (Å²) in [5.74, 6) is 1.15. The topological polar surface area (TPSA) is 77.8 Å². The number of rotatable bonds is 1. The molecule has 1 aromatic heterocycles. The second kappa shape index (κ2) is 2.84. The van der Waals surface area contributed by atoms with Gasteiger partial charge >= 0.3 is 0 Å². The van der Waals surface area contributed by atoms with E-state index in [1.54, 1.807) is 13.1 Å². The molecule has 0 spiro atoms. The van der Waals surface area contributed by atoms with E-state index in [9.17, 15) is 0 Å². The molecule has 0 aliphatic carbocycles. The minimum atomic E-state index is -0.101. The fourth-order valence-electron chi connectivity index (χ4n) is 0.848. The Hall–Kier alpha value is -1.16. The first-order valence-electron chi connectivity index (χ1n) is 3.46. The maximum atomic E-state index is 5.60. The van der Waals surface area contributed by atoms with Crippen LogP contribution >= 0.6 is 0 Å². The molecule has 11 heavy (non-hydrogen) atoms. The van der Waals surface area contributed by atoms with Crippen LogP contribution in [0, 0.1) is 6.92 Å². The molecular formula is C7H12N4. The van der Waals surface area contributed by atoms with Crippen molar-refractivity contribution < 1.29 is 0 Å². The average molecular weight is 152 g/mol. The predicted octanol–water partition coefficient (Wildman–Crippen LogP) is 0.387. The summed E-state index contributed by atoms with van der Waals surface area (Å²) < 4.78 is 0. The fraction of sp³-hybridized carbons (Fsp3) is 0.429. The predicted molar refractivity (Wildman–Crippen MR) is 43.8 cm³/mol. The molecule has 0 aliphatic heterocycles. The van der Waals surface area contributed by atoms with Gasteiger partial charge in [0.15, 0.2) is 0 Å². The van der Waals surface area contributed by atoms with Gasteiger partial charge in [0.25, 0.3) is 0 Å². The molecule has 4 heteroatoms. The maximum Gasteiger partial charge on any atom is 0.131 e. The average Bonchev–Trinajstić information content (AvgIpc) is 1.85. The first-order chi connectivity index (χ1) is 5.11. The van der Waals surface area contributed by atoms with E-state index in [1.807, 2.05) is 6.92 Å². The lowest BCUT2D eigenvalue weighted by Gasteiger charge is -2.07. The van der Waals surface area contributed by atoms with Crippen LogP contribution in [0.4, 0.5) is 5.82 Å². The van der Waals surface area contributed by atoms with Crippen LogP contribution in [0.5, 0.6) is 0 Å². The molecule has 0 saturated heterocycles. The highest BCUT2D eigenvalue weighted by Crippen LogP contribution is 2.13. The highest BCUT2D eigenvalue weighted by Gasteiger charge is 2.05. The molecule has 0 radical (unpaired) electrons. The monoisotopic (exact) mass is 152 g/mol. The van der Waals surface area contributed by atoms with Gasteiger partial charge in [-0.1, -0.05) is 0 Å². The van der Waals surface area contributed by atoms with Crippen molar-refractivity contribution in [3.63, 3.8) is 0 Å². The van der Waals surface area contributed by atoms with Gasteiger partial charge < -0.3 is 11.5 Å². The summed E-state index contributed by atoms with van der Waals surface area (Å²) in [6, 6.07) is -0.101. The number of aromatic nitrogens is 2. The third-order valence-corrected chi connectivity index (χ3v) is 1.46. The number of nitrogens with two attached hydrogens (primary N) is 2. The van der Waals surface area contributed by atoms with Crippen LogP contribution in [0.1, 0.15) is 24.4 Å². The molecule has 60 valence electrons. The van der Waals surface area contributed by atoms with Crippen LogP contribution in [0.2, 0.25) is 0 Å². The van der Waals surface area contributed by atoms with Crippen molar-refractivity contribution >= 4 is 5.82 Å². The van der Waals surface area contributed by atoms with Crippen molar-refractivity contribution in [2.75, 3.05) is 5.73 Å². The Bertz CT molecular complexity index is 257. The molecule has 0 fully saturated rings. The minimum absolute atomic E-state index is 0.101. The van der Waals surface area contributed by atoms with Crippen LogP contribution in [-0.4, -0.2) is 9.97 Å². The van der Waals surface area contributed by atoms with Crippen LogP contribution < -0.4 is 11.5 Å². The second-order valence-corrected chi connectivity index (χ2v) is 2.55. The van der Waals surface area contributed by atoms with Gasteiger partial charge in [-0.3, -0.25) is 0 Å². The van der Waals surface area contributed by atoms with E-state index in [4.69, 9.17) is 11.5 Å². The van der Waals surface area contributed by atoms with E-state index in [2.05, 4.69) is 9.97 Å². The van der Waals surface area contributed by atoms with Crippen molar-refractivity contribution in [2.24, 2.45) is 5.73 Å². The molecule has 1 atom stereocenters. The van der Waals surface area contributed by atoms with Crippen LogP contribution in [0.3, 0.4) is 0 Å². The summed E-state index contributed by atoms with van der Waals surface area (Å²) in [5, 5.41) is 0. The SMILES string of the molecule is Cc1ncc(C(C)N)c(N)n1. The Morgan fingerprint density at radius 3 is 2.64 bits per heavy atom. The normalized spacial score (nSPS) is 13.0. The Kier molecular flexibility index (Phi) is 2.05. The van der Waals surface area contributed by atoms with Gasteiger partial charge in [-0.25, -0.2) is 9.97 Å². The first-order valence-corrected chi connectivity index (χ1v) is 3.46. The number of nitrogen functional groups attached to an aromatic ring is 1. The maximum absolute atomic E-state index is 5.60. The Morgan fingerprint density at radius 1 is 1.55 bits per heavy atom. The third kappa shape index (κ3) is 1.65. The van der Waals surface area contributed by atoms with Crippen molar-refractivity contribution in [1.82, 2.24) is 9.97 Å². The zero-order valence-corrected chi connectivity index (χ0v) is 6.70. The summed E-state index contributed by atoms with van der Waals surface area (Å²) in [4.78, 5) is 7.97. The van der Waals surface area contributed by atoms with E-state index >= 15 is 0 Å². The smallest absolute Gasteiger partial charge is 0.131 e. The molecule has 1 unspecified atom stereocenters. The van der Waals surface area contributed by atoms with E-state index in [0.717, 1.165) is 5.56 Å². The summed E-state index contributed by atoms with van der Waals surface area (Å²) >= 11 is 0. The van der Waals surface area contributed by atoms with Crippen LogP contribution in [-0.2, 0) is 0 Å². The van der Waals surface area contributed by atoms with Gasteiger partial charge in [0.1, 0.15) is 11.6 Å². The zero-order valence-electron chi connectivity index (χ0n) is 6.70. The Balaban J connectivity index is 3.09. The molecule has 1 aromatic rings. The van der Waals surface area contributed by atoms with E-state index in [1.165, 1.54) is 0 Å². The van der Waals surface area contributed by atoms with Crippen molar-refractivity contribution in [2.45, 2.75) is 19.9 Å². The molecule has 4 nitrogen and oxygen atoms in total. The van der Waals surface area contributed by atoms with Crippen LogP contribution in [0.25, 0.3) is 0 Å². The van der Waals surface area contributed by atoms with Crippen molar-refractivity contribution in [3.05, 3.63) is 17.6 Å². The highest BCUT2D eigenvalue weighted by atomic mass is 14.9. The van der Waals surface area contributed by atoms with Crippen LogP contribution in [0.15, 0.2) is 6.20 Å². The number of nitrogens with zero attached hydrogens (tertiary/aromatic N) is 2. The molecule has 0 aromatic carbocycles. The van der Waals surface area contributed by atoms with Gasteiger partial charge in [0.2, 0.25) is 0 Å². The molecule has 0 saturated carbocycles. The lowest BCUT2D eigenvalue weighted by Crippen LogP contribution is -2.10. The summed E-state index contributed by atoms with van der Waals surface area (Å²) in [6.45, 7) is 3.64. The molecule has 1 heterocycles. The molecule has 0 bridgehead atoms. The van der Waals surface area contributed by atoms with Gasteiger partial charge in [0, 0.05) is 17.8 Å². The largest absolute Gasteiger partial charge is 0.383 e. The second-order valence-electron chi connectivity index (χ2n) is 2.55. The number of aryl methyl sites for hydroxylation is 1. The quantitative estimate of drug-likeness (QED) is 0.610. The summed E-state index contributed by atoms with van der Waals surface area (Å²) in [6.07, 6.45) is 1.67.